The molecule has 0 heterocycles. The van der Waals surface area contributed by atoms with Crippen molar-refractivity contribution < 1.29 is 4.74 Å². The molecule has 20 heavy (non-hydrogen) atoms. The Hall–Kier alpha value is -2.82. The Bertz CT molecular complexity index is 620. The minimum absolute atomic E-state index is 0.0530. The molecule has 0 aliphatic rings. The zero-order valence-electron chi connectivity index (χ0n) is 10.9. The van der Waals surface area contributed by atoms with E-state index in [4.69, 9.17) is 21.7 Å². The summed E-state index contributed by atoms with van der Waals surface area (Å²) in [4.78, 5) is 0. The van der Waals surface area contributed by atoms with E-state index in [0.29, 0.717) is 12.2 Å². The van der Waals surface area contributed by atoms with Crippen LogP contribution in [0.4, 0.5) is 0 Å². The zero-order valence-corrected chi connectivity index (χ0v) is 10.9. The standard InChI is InChI=1S/C15H16N4O/c16-15(17)13-3-1-2-12(8-13)10-20-14-6-4-11(5-7-14)9-19-18/h1-9H,10,18H2,(H3,16,17). The van der Waals surface area contributed by atoms with Gasteiger partial charge in [-0.2, -0.15) is 5.10 Å². The summed E-state index contributed by atoms with van der Waals surface area (Å²) in [5.74, 6) is 5.89. The van der Waals surface area contributed by atoms with Crippen LogP contribution in [0, 0.1) is 5.41 Å². The van der Waals surface area contributed by atoms with Crippen LogP contribution in [0.2, 0.25) is 0 Å². The van der Waals surface area contributed by atoms with Crippen LogP contribution in [0.25, 0.3) is 0 Å². The summed E-state index contributed by atoms with van der Waals surface area (Å²) in [5.41, 5.74) is 8.03. The third kappa shape index (κ3) is 3.58. The summed E-state index contributed by atoms with van der Waals surface area (Å²) >= 11 is 0. The molecule has 102 valence electrons. The van der Waals surface area contributed by atoms with Gasteiger partial charge >= 0.3 is 0 Å². The number of nitrogen functional groups attached to an aromatic ring is 1. The number of hydrogen-bond acceptors (Lipinski definition) is 4. The molecule has 2 aromatic rings. The fourth-order valence-corrected chi connectivity index (χ4v) is 1.73. The van der Waals surface area contributed by atoms with E-state index in [1.807, 2.05) is 42.5 Å². The van der Waals surface area contributed by atoms with Crippen molar-refractivity contribution in [1.82, 2.24) is 0 Å². The Morgan fingerprint density at radius 3 is 2.60 bits per heavy atom. The van der Waals surface area contributed by atoms with Gasteiger partial charge in [0.2, 0.25) is 0 Å². The molecule has 0 aliphatic heterocycles. The van der Waals surface area contributed by atoms with Gasteiger partial charge in [-0.3, -0.25) is 5.41 Å². The van der Waals surface area contributed by atoms with Crippen molar-refractivity contribution in [3.63, 3.8) is 0 Å². The second kappa shape index (κ2) is 6.38. The number of nitrogens with one attached hydrogen (secondary N) is 1. The van der Waals surface area contributed by atoms with Gasteiger partial charge in [-0.05, 0) is 41.5 Å². The van der Waals surface area contributed by atoms with Crippen molar-refractivity contribution in [2.75, 3.05) is 0 Å². The molecule has 0 saturated heterocycles. The normalized spacial score (nSPS) is 10.6. The van der Waals surface area contributed by atoms with Gasteiger partial charge in [0.25, 0.3) is 0 Å². The van der Waals surface area contributed by atoms with Crippen LogP contribution >= 0.6 is 0 Å². The SMILES string of the molecule is N=C(N)c1cccc(COc2ccc(C=NN)cc2)c1. The van der Waals surface area contributed by atoms with Crippen LogP contribution in [0.3, 0.4) is 0 Å². The molecule has 0 bridgehead atoms. The molecule has 0 spiro atoms. The molecule has 0 fully saturated rings. The predicted molar refractivity (Wildman–Crippen MR) is 80.0 cm³/mol. The molecule has 0 amide bonds. The maximum Gasteiger partial charge on any atom is 0.122 e. The lowest BCUT2D eigenvalue weighted by Gasteiger charge is -2.07. The molecule has 0 saturated carbocycles. The summed E-state index contributed by atoms with van der Waals surface area (Å²) in [7, 11) is 0. The minimum Gasteiger partial charge on any atom is -0.489 e. The molecular weight excluding hydrogens is 252 g/mol. The highest BCUT2D eigenvalue weighted by Crippen LogP contribution is 2.14. The average molecular weight is 268 g/mol. The Kier molecular flexibility index (Phi) is 4.34. The quantitative estimate of drug-likeness (QED) is 0.334. The number of hydrogen-bond donors (Lipinski definition) is 3. The van der Waals surface area contributed by atoms with E-state index < -0.39 is 0 Å². The van der Waals surface area contributed by atoms with Gasteiger partial charge in [-0.1, -0.05) is 18.2 Å². The number of nitrogens with two attached hydrogens (primary N) is 2. The van der Waals surface area contributed by atoms with Crippen molar-refractivity contribution in [2.24, 2.45) is 16.7 Å². The summed E-state index contributed by atoms with van der Waals surface area (Å²) in [6.07, 6.45) is 1.57. The number of nitrogens with zero attached hydrogens (tertiary/aromatic N) is 1. The lowest BCUT2D eigenvalue weighted by atomic mass is 10.1. The van der Waals surface area contributed by atoms with E-state index in [2.05, 4.69) is 5.10 Å². The summed E-state index contributed by atoms with van der Waals surface area (Å²) < 4.78 is 5.67. The van der Waals surface area contributed by atoms with Crippen LogP contribution in [-0.4, -0.2) is 12.1 Å². The topological polar surface area (TPSA) is 97.5 Å². The second-order valence-electron chi connectivity index (χ2n) is 4.25. The third-order valence-corrected chi connectivity index (χ3v) is 2.75. The maximum atomic E-state index is 7.41. The largest absolute Gasteiger partial charge is 0.489 e. The van der Waals surface area contributed by atoms with Gasteiger partial charge in [-0.15, -0.1) is 0 Å². The first-order valence-corrected chi connectivity index (χ1v) is 6.08. The van der Waals surface area contributed by atoms with Gasteiger partial charge < -0.3 is 16.3 Å². The van der Waals surface area contributed by atoms with Crippen LogP contribution in [-0.2, 0) is 6.61 Å². The molecule has 2 aromatic carbocycles. The fourth-order valence-electron chi connectivity index (χ4n) is 1.73. The van der Waals surface area contributed by atoms with E-state index in [1.165, 1.54) is 0 Å². The first-order chi connectivity index (χ1) is 9.69. The molecule has 0 unspecified atom stereocenters. The molecule has 5 N–H and O–H groups in total. The molecule has 0 aliphatic carbocycles. The highest BCUT2D eigenvalue weighted by molar-refractivity contribution is 5.95. The Morgan fingerprint density at radius 1 is 1.20 bits per heavy atom. The molecule has 5 nitrogen and oxygen atoms in total. The van der Waals surface area contributed by atoms with Gasteiger partial charge in [0, 0.05) is 5.56 Å². The summed E-state index contributed by atoms with van der Waals surface area (Å²) in [5, 5.41) is 10.9. The Balaban J connectivity index is 2.01. The van der Waals surface area contributed by atoms with E-state index in [0.717, 1.165) is 16.9 Å². The van der Waals surface area contributed by atoms with E-state index in [9.17, 15) is 0 Å². The molecule has 2 rings (SSSR count). The Labute approximate surface area is 117 Å². The number of ether oxygens (including phenoxy) is 1. The van der Waals surface area contributed by atoms with Crippen molar-refractivity contribution in [3.8, 4) is 5.75 Å². The molecule has 0 aromatic heterocycles. The smallest absolute Gasteiger partial charge is 0.122 e. The lowest BCUT2D eigenvalue weighted by molar-refractivity contribution is 0.306. The first kappa shape index (κ1) is 13.6. The van der Waals surface area contributed by atoms with E-state index in [1.54, 1.807) is 12.3 Å². The van der Waals surface area contributed by atoms with Crippen molar-refractivity contribution in [2.45, 2.75) is 6.61 Å². The molecule has 5 heteroatoms. The molecule has 0 radical (unpaired) electrons. The number of hydrazone groups is 1. The Morgan fingerprint density at radius 2 is 1.95 bits per heavy atom. The van der Waals surface area contributed by atoms with Crippen LogP contribution in [0.15, 0.2) is 53.6 Å². The highest BCUT2D eigenvalue weighted by atomic mass is 16.5. The lowest BCUT2D eigenvalue weighted by Crippen LogP contribution is -2.11. The van der Waals surface area contributed by atoms with Crippen LogP contribution in [0.1, 0.15) is 16.7 Å². The van der Waals surface area contributed by atoms with Gasteiger partial charge in [-0.25, -0.2) is 0 Å². The summed E-state index contributed by atoms with van der Waals surface area (Å²) in [6.45, 7) is 0.422. The highest BCUT2D eigenvalue weighted by Gasteiger charge is 2.00. The first-order valence-electron chi connectivity index (χ1n) is 6.08. The number of rotatable bonds is 5. The van der Waals surface area contributed by atoms with Gasteiger partial charge in [0.1, 0.15) is 18.2 Å². The maximum absolute atomic E-state index is 7.41. The number of amidine groups is 1. The van der Waals surface area contributed by atoms with Gasteiger partial charge in [0.15, 0.2) is 0 Å². The second-order valence-corrected chi connectivity index (χ2v) is 4.25. The monoisotopic (exact) mass is 268 g/mol. The van der Waals surface area contributed by atoms with Gasteiger partial charge in [0.05, 0.1) is 6.21 Å². The van der Waals surface area contributed by atoms with E-state index >= 15 is 0 Å². The van der Waals surface area contributed by atoms with Crippen molar-refractivity contribution >= 4 is 12.1 Å². The number of benzene rings is 2. The molecular formula is C15H16N4O. The van der Waals surface area contributed by atoms with Crippen LogP contribution in [0.5, 0.6) is 5.75 Å². The molecule has 0 atom stereocenters. The fraction of sp³-hybridized carbons (Fsp3) is 0.0667. The zero-order chi connectivity index (χ0) is 14.4. The van der Waals surface area contributed by atoms with Crippen LogP contribution < -0.4 is 16.3 Å². The summed E-state index contributed by atoms with van der Waals surface area (Å²) in [6, 6.07) is 14.9. The van der Waals surface area contributed by atoms with Crippen molar-refractivity contribution in [3.05, 3.63) is 65.2 Å². The average Bonchev–Trinajstić information content (AvgIpc) is 2.47. The minimum atomic E-state index is 0.0530. The van der Waals surface area contributed by atoms with E-state index in [-0.39, 0.29) is 5.84 Å². The third-order valence-electron chi connectivity index (χ3n) is 2.75. The predicted octanol–water partition coefficient (Wildman–Crippen LogP) is 1.84. The van der Waals surface area contributed by atoms with Crippen molar-refractivity contribution in [1.29, 1.82) is 5.41 Å².